The summed E-state index contributed by atoms with van der Waals surface area (Å²) in [5, 5.41) is 0. The molecule has 0 saturated heterocycles. The van der Waals surface area contributed by atoms with Gasteiger partial charge in [-0.15, -0.1) is 11.3 Å². The van der Waals surface area contributed by atoms with E-state index in [0.717, 1.165) is 9.21 Å². The van der Waals surface area contributed by atoms with E-state index in [9.17, 15) is 4.79 Å². The Hall–Kier alpha value is -0.620. The van der Waals surface area contributed by atoms with Gasteiger partial charge >= 0.3 is 0 Å². The number of ether oxygens (including phenoxy) is 1. The Kier molecular flexibility index (Phi) is 6.50. The van der Waals surface area contributed by atoms with E-state index in [0.29, 0.717) is 32.7 Å². The highest BCUT2D eigenvalue weighted by molar-refractivity contribution is 7.16. The summed E-state index contributed by atoms with van der Waals surface area (Å²) in [6, 6.07) is 3.77. The molecule has 96 valence electrons. The van der Waals surface area contributed by atoms with Crippen LogP contribution in [0, 0.1) is 0 Å². The molecule has 0 radical (unpaired) electrons. The zero-order valence-corrected chi connectivity index (χ0v) is 11.4. The first kappa shape index (κ1) is 14.4. The number of nitrogens with zero attached hydrogens (tertiary/aromatic N) is 1. The summed E-state index contributed by atoms with van der Waals surface area (Å²) in [6.45, 7) is 1.99. The Balaban J connectivity index is 2.27. The van der Waals surface area contributed by atoms with E-state index in [1.807, 2.05) is 12.1 Å². The maximum absolute atomic E-state index is 11.7. The molecule has 0 bridgehead atoms. The summed E-state index contributed by atoms with van der Waals surface area (Å²) >= 11 is 7.31. The first-order valence-electron chi connectivity index (χ1n) is 5.39. The summed E-state index contributed by atoms with van der Waals surface area (Å²) in [5.74, 6) is 0.0616. The normalized spacial score (nSPS) is 10.5. The largest absolute Gasteiger partial charge is 0.380 e. The quantitative estimate of drug-likeness (QED) is 0.772. The second-order valence-electron chi connectivity index (χ2n) is 3.61. The van der Waals surface area contributed by atoms with Crippen LogP contribution in [0.1, 0.15) is 11.3 Å². The molecule has 4 nitrogen and oxygen atoms in total. The maximum atomic E-state index is 11.7. The third kappa shape index (κ3) is 5.50. The second kappa shape index (κ2) is 7.66. The van der Waals surface area contributed by atoms with Gasteiger partial charge in [-0.25, -0.2) is 0 Å². The van der Waals surface area contributed by atoms with Crippen molar-refractivity contribution in [3.8, 4) is 0 Å². The average Bonchev–Trinajstić information content (AvgIpc) is 2.70. The van der Waals surface area contributed by atoms with Crippen molar-refractivity contribution in [3.05, 3.63) is 21.3 Å². The zero-order valence-electron chi connectivity index (χ0n) is 9.82. The van der Waals surface area contributed by atoms with Crippen LogP contribution in [0.3, 0.4) is 0 Å². The summed E-state index contributed by atoms with van der Waals surface area (Å²) < 4.78 is 5.91. The number of hydrogen-bond acceptors (Lipinski definition) is 4. The molecule has 0 aliphatic carbocycles. The van der Waals surface area contributed by atoms with Crippen molar-refractivity contribution in [2.75, 3.05) is 26.8 Å². The van der Waals surface area contributed by atoms with Gasteiger partial charge in [0.05, 0.1) is 30.5 Å². The Bertz CT molecular complexity index is 357. The molecule has 0 atom stereocenters. The van der Waals surface area contributed by atoms with E-state index in [4.69, 9.17) is 22.1 Å². The Morgan fingerprint density at radius 2 is 2.29 bits per heavy atom. The van der Waals surface area contributed by atoms with Gasteiger partial charge in [-0.05, 0) is 12.1 Å². The van der Waals surface area contributed by atoms with Gasteiger partial charge in [-0.1, -0.05) is 11.6 Å². The van der Waals surface area contributed by atoms with E-state index < -0.39 is 0 Å². The standard InChI is InChI=1S/C11H17ClN2O2S/c1-14(8-9-2-3-10(12)17-9)11(15)4-6-16-7-5-13/h2-3H,4-8,13H2,1H3. The smallest absolute Gasteiger partial charge is 0.224 e. The van der Waals surface area contributed by atoms with Crippen molar-refractivity contribution in [2.45, 2.75) is 13.0 Å². The van der Waals surface area contributed by atoms with Crippen LogP contribution in [0.5, 0.6) is 0 Å². The van der Waals surface area contributed by atoms with Crippen molar-refractivity contribution in [1.82, 2.24) is 4.90 Å². The minimum Gasteiger partial charge on any atom is -0.380 e. The van der Waals surface area contributed by atoms with Crippen LogP contribution >= 0.6 is 22.9 Å². The molecule has 0 aromatic carbocycles. The Morgan fingerprint density at radius 3 is 2.88 bits per heavy atom. The predicted octanol–water partition coefficient (Wildman–Crippen LogP) is 1.73. The maximum Gasteiger partial charge on any atom is 0.224 e. The fourth-order valence-corrected chi connectivity index (χ4v) is 2.44. The number of nitrogens with two attached hydrogens (primary N) is 1. The summed E-state index contributed by atoms with van der Waals surface area (Å²) in [4.78, 5) is 14.5. The molecule has 0 aliphatic heterocycles. The zero-order chi connectivity index (χ0) is 12.7. The van der Waals surface area contributed by atoms with Gasteiger partial charge < -0.3 is 15.4 Å². The van der Waals surface area contributed by atoms with Gasteiger partial charge in [0.2, 0.25) is 5.91 Å². The number of thiophene rings is 1. The third-order valence-electron chi connectivity index (χ3n) is 2.17. The summed E-state index contributed by atoms with van der Waals surface area (Å²) in [7, 11) is 1.78. The fourth-order valence-electron chi connectivity index (χ4n) is 1.29. The molecule has 1 amide bonds. The van der Waals surface area contributed by atoms with Crippen LogP contribution in [0.25, 0.3) is 0 Å². The van der Waals surface area contributed by atoms with Gasteiger partial charge in [-0.3, -0.25) is 4.79 Å². The van der Waals surface area contributed by atoms with E-state index >= 15 is 0 Å². The number of halogens is 1. The first-order valence-corrected chi connectivity index (χ1v) is 6.59. The van der Waals surface area contributed by atoms with Gasteiger partial charge in [0, 0.05) is 18.5 Å². The van der Waals surface area contributed by atoms with Crippen molar-refractivity contribution < 1.29 is 9.53 Å². The molecule has 1 rings (SSSR count). The third-order valence-corrected chi connectivity index (χ3v) is 3.39. The average molecular weight is 277 g/mol. The highest BCUT2D eigenvalue weighted by atomic mass is 35.5. The number of carbonyl (C=O) groups excluding carboxylic acids is 1. The summed E-state index contributed by atoms with van der Waals surface area (Å²) in [6.07, 6.45) is 0.385. The topological polar surface area (TPSA) is 55.6 Å². The first-order chi connectivity index (χ1) is 8.13. The number of amides is 1. The number of rotatable bonds is 7. The molecule has 0 aliphatic rings. The number of carbonyl (C=O) groups is 1. The Labute approximate surface area is 110 Å². The molecule has 6 heteroatoms. The van der Waals surface area contributed by atoms with Crippen LogP contribution in [0.2, 0.25) is 4.34 Å². The molecule has 0 spiro atoms. The van der Waals surface area contributed by atoms with Crippen molar-refractivity contribution in [1.29, 1.82) is 0 Å². The lowest BCUT2D eigenvalue weighted by Crippen LogP contribution is -2.27. The van der Waals surface area contributed by atoms with E-state index in [1.54, 1.807) is 11.9 Å². The van der Waals surface area contributed by atoms with Gasteiger partial charge in [0.25, 0.3) is 0 Å². The molecule has 17 heavy (non-hydrogen) atoms. The van der Waals surface area contributed by atoms with Crippen LogP contribution in [0.15, 0.2) is 12.1 Å². The summed E-state index contributed by atoms with van der Waals surface area (Å²) in [5.41, 5.74) is 5.28. The van der Waals surface area contributed by atoms with Crippen molar-refractivity contribution in [3.63, 3.8) is 0 Å². The molecule has 1 heterocycles. The molecule has 1 aromatic heterocycles. The van der Waals surface area contributed by atoms with Crippen LogP contribution in [-0.2, 0) is 16.1 Å². The number of hydrogen-bond donors (Lipinski definition) is 1. The van der Waals surface area contributed by atoms with E-state index in [2.05, 4.69) is 0 Å². The predicted molar refractivity (Wildman–Crippen MR) is 70.3 cm³/mol. The second-order valence-corrected chi connectivity index (χ2v) is 5.41. The molecule has 1 aromatic rings. The van der Waals surface area contributed by atoms with Gasteiger partial charge in [0.15, 0.2) is 0 Å². The van der Waals surface area contributed by atoms with E-state index in [-0.39, 0.29) is 5.91 Å². The van der Waals surface area contributed by atoms with E-state index in [1.165, 1.54) is 11.3 Å². The highest BCUT2D eigenvalue weighted by Crippen LogP contribution is 2.22. The van der Waals surface area contributed by atoms with Crippen molar-refractivity contribution >= 4 is 28.8 Å². The van der Waals surface area contributed by atoms with Crippen LogP contribution in [-0.4, -0.2) is 37.6 Å². The molecule has 0 fully saturated rings. The SMILES string of the molecule is CN(Cc1ccc(Cl)s1)C(=O)CCOCCN. The lowest BCUT2D eigenvalue weighted by atomic mass is 10.3. The molecular weight excluding hydrogens is 260 g/mol. The Morgan fingerprint density at radius 1 is 1.53 bits per heavy atom. The van der Waals surface area contributed by atoms with Crippen LogP contribution < -0.4 is 5.73 Å². The fraction of sp³-hybridized carbons (Fsp3) is 0.545. The minimum absolute atomic E-state index is 0.0616. The van der Waals surface area contributed by atoms with Crippen LogP contribution in [0.4, 0.5) is 0 Å². The molecule has 0 unspecified atom stereocenters. The monoisotopic (exact) mass is 276 g/mol. The molecule has 0 saturated carbocycles. The van der Waals surface area contributed by atoms with Gasteiger partial charge in [-0.2, -0.15) is 0 Å². The van der Waals surface area contributed by atoms with Crippen molar-refractivity contribution in [2.24, 2.45) is 5.73 Å². The van der Waals surface area contributed by atoms with Gasteiger partial charge in [0.1, 0.15) is 0 Å². The molecular formula is C11H17ClN2O2S. The lowest BCUT2D eigenvalue weighted by Gasteiger charge is -2.16. The lowest BCUT2D eigenvalue weighted by molar-refractivity contribution is -0.131. The molecule has 2 N–H and O–H groups in total. The minimum atomic E-state index is 0.0616. The highest BCUT2D eigenvalue weighted by Gasteiger charge is 2.10.